The third-order valence-electron chi connectivity index (χ3n) is 7.06. The number of fused-ring (bicyclic) bond motifs is 1. The predicted octanol–water partition coefficient (Wildman–Crippen LogP) is 5.81. The Morgan fingerprint density at radius 3 is 2.55 bits per heavy atom. The number of halogens is 1. The third kappa shape index (κ3) is 5.52. The number of carbonyl (C=O) groups is 1. The van der Waals surface area contributed by atoms with E-state index in [1.165, 1.54) is 28.0 Å². The Hall–Kier alpha value is -5.07. The van der Waals surface area contributed by atoms with E-state index in [9.17, 15) is 19.7 Å². The summed E-state index contributed by atoms with van der Waals surface area (Å²) in [6.45, 7) is 1.76. The van der Waals surface area contributed by atoms with Crippen LogP contribution >= 0.6 is 27.3 Å². The summed E-state index contributed by atoms with van der Waals surface area (Å²) in [4.78, 5) is 43.4. The van der Waals surface area contributed by atoms with E-state index in [0.717, 1.165) is 0 Å². The van der Waals surface area contributed by atoms with Crippen LogP contribution < -0.4 is 24.9 Å². The van der Waals surface area contributed by atoms with Gasteiger partial charge in [-0.3, -0.25) is 24.3 Å². The van der Waals surface area contributed by atoms with Gasteiger partial charge in [0.05, 0.1) is 33.9 Å². The molecule has 0 unspecified atom stereocenters. The molecule has 6 rings (SSSR count). The van der Waals surface area contributed by atoms with E-state index in [1.807, 2.05) is 30.3 Å². The highest BCUT2D eigenvalue weighted by molar-refractivity contribution is 9.10. The molecule has 12 heteroatoms. The number of ether oxygens (including phenoxy) is 1. The molecule has 3 aromatic carbocycles. The first-order valence-corrected chi connectivity index (χ1v) is 14.9. The predicted molar refractivity (Wildman–Crippen MR) is 170 cm³/mol. The molecule has 0 fully saturated rings. The standard InChI is InChI=1S/C32H23BrN4O6S/c1-18-28(30(38)35-20-6-4-3-5-7-20)29(19-8-11-22(42-2)12-9-19)36-31(39)27(44-32(36)34-18)17-23-13-15-26(43-23)24-14-10-21(37(40)41)16-25(24)33/h3-17,29H,1-2H3,(H,35,38)/b27-17+/t29-/m0/s1. The van der Waals surface area contributed by atoms with Gasteiger partial charge in [-0.25, -0.2) is 4.99 Å². The molecule has 0 saturated heterocycles. The summed E-state index contributed by atoms with van der Waals surface area (Å²) in [7, 11) is 1.57. The number of carbonyl (C=O) groups excluding carboxylic acids is 1. The Kier molecular flexibility index (Phi) is 7.85. The molecule has 1 aliphatic heterocycles. The summed E-state index contributed by atoms with van der Waals surface area (Å²) < 4.78 is 13.7. The number of non-ortho nitro benzene ring substituents is 1. The quantitative estimate of drug-likeness (QED) is 0.172. The Bertz CT molecular complexity index is 2130. The highest BCUT2D eigenvalue weighted by atomic mass is 79.9. The average molecular weight is 672 g/mol. The van der Waals surface area contributed by atoms with Gasteiger partial charge in [0.15, 0.2) is 4.80 Å². The first-order chi connectivity index (χ1) is 21.2. The number of nitro benzene ring substituents is 1. The van der Waals surface area contributed by atoms with Gasteiger partial charge in [0.1, 0.15) is 17.3 Å². The molecule has 5 aromatic rings. The van der Waals surface area contributed by atoms with E-state index >= 15 is 0 Å². The van der Waals surface area contributed by atoms with Crippen molar-refractivity contribution in [3.63, 3.8) is 0 Å². The second-order valence-electron chi connectivity index (χ2n) is 9.80. The molecule has 220 valence electrons. The number of methoxy groups -OCH3 is 1. The van der Waals surface area contributed by atoms with Gasteiger partial charge in [-0.2, -0.15) is 0 Å². The number of thiazole rings is 1. The van der Waals surface area contributed by atoms with Crippen molar-refractivity contribution in [1.82, 2.24) is 4.57 Å². The molecule has 44 heavy (non-hydrogen) atoms. The number of hydrogen-bond acceptors (Lipinski definition) is 8. The van der Waals surface area contributed by atoms with Crippen LogP contribution in [0.5, 0.6) is 5.75 Å². The lowest BCUT2D eigenvalue weighted by Gasteiger charge is -2.25. The molecule has 1 amide bonds. The number of amides is 1. The SMILES string of the molecule is COc1ccc([C@H]2C(C(=O)Nc3ccccc3)=C(C)N=c3s/c(=C/c4ccc(-c5ccc([N+](=O)[O-])cc5Br)o4)c(=O)n32)cc1. The summed E-state index contributed by atoms with van der Waals surface area (Å²) in [5, 5.41) is 14.0. The lowest BCUT2D eigenvalue weighted by Crippen LogP contribution is -2.40. The molecule has 3 heterocycles. The molecule has 10 nitrogen and oxygen atoms in total. The highest BCUT2D eigenvalue weighted by Crippen LogP contribution is 2.34. The van der Waals surface area contributed by atoms with Crippen LogP contribution in [0, 0.1) is 10.1 Å². The Morgan fingerprint density at radius 2 is 1.86 bits per heavy atom. The maximum Gasteiger partial charge on any atom is 0.271 e. The van der Waals surface area contributed by atoms with E-state index in [-0.39, 0.29) is 17.2 Å². The van der Waals surface area contributed by atoms with Crippen LogP contribution in [0.25, 0.3) is 17.4 Å². The van der Waals surface area contributed by atoms with Gasteiger partial charge in [-0.1, -0.05) is 41.7 Å². The molecule has 1 atom stereocenters. The summed E-state index contributed by atoms with van der Waals surface area (Å²) in [5.41, 5.74) is 2.43. The van der Waals surface area contributed by atoms with Gasteiger partial charge in [0.25, 0.3) is 17.2 Å². The molecule has 0 spiro atoms. The fourth-order valence-corrected chi connectivity index (χ4v) is 6.54. The minimum atomic E-state index is -0.744. The number of allylic oxidation sites excluding steroid dienone is 1. The average Bonchev–Trinajstić information content (AvgIpc) is 3.60. The lowest BCUT2D eigenvalue weighted by atomic mass is 9.95. The zero-order valence-corrected chi connectivity index (χ0v) is 25.7. The molecule has 1 N–H and O–H groups in total. The first-order valence-electron chi connectivity index (χ1n) is 13.3. The summed E-state index contributed by atoms with van der Waals surface area (Å²) in [6, 6.07) is 23.4. The third-order valence-corrected chi connectivity index (χ3v) is 8.70. The molecular weight excluding hydrogens is 648 g/mol. The number of nitro groups is 1. The Morgan fingerprint density at radius 1 is 1.11 bits per heavy atom. The van der Waals surface area contributed by atoms with Gasteiger partial charge in [0.2, 0.25) is 0 Å². The Labute approximate surface area is 262 Å². The van der Waals surface area contributed by atoms with Crippen molar-refractivity contribution in [2.75, 3.05) is 12.4 Å². The fourth-order valence-electron chi connectivity index (χ4n) is 4.96. The first kappa shape index (κ1) is 29.0. The van der Waals surface area contributed by atoms with E-state index in [1.54, 1.807) is 62.6 Å². The lowest BCUT2D eigenvalue weighted by molar-refractivity contribution is -0.384. The molecule has 1 aliphatic rings. The van der Waals surface area contributed by atoms with E-state index in [0.29, 0.717) is 59.2 Å². The number of aromatic nitrogens is 1. The van der Waals surface area contributed by atoms with Crippen LogP contribution in [-0.4, -0.2) is 22.5 Å². The number of nitrogens with zero attached hydrogens (tertiary/aromatic N) is 3. The van der Waals surface area contributed by atoms with Crippen LogP contribution in [0.15, 0.2) is 115 Å². The van der Waals surface area contributed by atoms with Gasteiger partial charge in [-0.05, 0) is 70.9 Å². The van der Waals surface area contributed by atoms with Crippen molar-refractivity contribution in [3.8, 4) is 17.1 Å². The molecule has 0 radical (unpaired) electrons. The highest BCUT2D eigenvalue weighted by Gasteiger charge is 2.32. The smallest absolute Gasteiger partial charge is 0.271 e. The second-order valence-corrected chi connectivity index (χ2v) is 11.7. The zero-order chi connectivity index (χ0) is 31.0. The van der Waals surface area contributed by atoms with Crippen LogP contribution in [0.3, 0.4) is 0 Å². The summed E-state index contributed by atoms with van der Waals surface area (Å²) in [6.07, 6.45) is 1.63. The number of benzene rings is 3. The molecule has 0 saturated carbocycles. The number of para-hydroxylation sites is 1. The van der Waals surface area contributed by atoms with Gasteiger partial charge < -0.3 is 14.5 Å². The largest absolute Gasteiger partial charge is 0.497 e. The molecule has 0 aliphatic carbocycles. The van der Waals surface area contributed by atoms with Crippen molar-refractivity contribution in [2.45, 2.75) is 13.0 Å². The fraction of sp³-hybridized carbons (Fsp3) is 0.0938. The molecular formula is C32H23BrN4O6S. The van der Waals surface area contributed by atoms with Crippen LogP contribution in [0.4, 0.5) is 11.4 Å². The van der Waals surface area contributed by atoms with Gasteiger partial charge in [-0.15, -0.1) is 0 Å². The van der Waals surface area contributed by atoms with Crippen molar-refractivity contribution in [2.24, 2.45) is 4.99 Å². The van der Waals surface area contributed by atoms with Crippen LogP contribution in [-0.2, 0) is 4.79 Å². The zero-order valence-electron chi connectivity index (χ0n) is 23.3. The van der Waals surface area contributed by atoms with Gasteiger partial charge >= 0.3 is 0 Å². The Balaban J connectivity index is 1.43. The van der Waals surface area contributed by atoms with Crippen molar-refractivity contribution in [3.05, 3.63) is 142 Å². The van der Waals surface area contributed by atoms with Gasteiger partial charge in [0, 0.05) is 33.9 Å². The maximum absolute atomic E-state index is 14.0. The number of hydrogen-bond donors (Lipinski definition) is 1. The number of furan rings is 1. The molecule has 2 aromatic heterocycles. The van der Waals surface area contributed by atoms with E-state index in [4.69, 9.17) is 9.15 Å². The van der Waals surface area contributed by atoms with Crippen LogP contribution in [0.1, 0.15) is 24.3 Å². The summed E-state index contributed by atoms with van der Waals surface area (Å²) >= 11 is 4.57. The topological polar surface area (TPSA) is 129 Å². The monoisotopic (exact) mass is 670 g/mol. The number of rotatable bonds is 7. The molecule has 0 bridgehead atoms. The number of nitrogens with one attached hydrogen (secondary N) is 1. The normalized spacial score (nSPS) is 14.6. The van der Waals surface area contributed by atoms with Crippen molar-refractivity contribution < 1.29 is 18.9 Å². The van der Waals surface area contributed by atoms with Crippen LogP contribution in [0.2, 0.25) is 0 Å². The maximum atomic E-state index is 14.0. The van der Waals surface area contributed by atoms with E-state index < -0.39 is 11.0 Å². The van der Waals surface area contributed by atoms with Crippen molar-refractivity contribution >= 4 is 50.6 Å². The van der Waals surface area contributed by atoms with Crippen molar-refractivity contribution in [1.29, 1.82) is 0 Å². The second kappa shape index (κ2) is 11.9. The summed E-state index contributed by atoms with van der Waals surface area (Å²) in [5.74, 6) is 1.16. The minimum Gasteiger partial charge on any atom is -0.497 e. The minimum absolute atomic E-state index is 0.0490. The van der Waals surface area contributed by atoms with E-state index in [2.05, 4.69) is 26.2 Å². The number of anilines is 1.